The van der Waals surface area contributed by atoms with E-state index < -0.39 is 0 Å². The predicted octanol–water partition coefficient (Wildman–Crippen LogP) is 2.55. The molecule has 1 heterocycles. The number of hydrogen-bond donors (Lipinski definition) is 0. The van der Waals surface area contributed by atoms with Crippen molar-refractivity contribution < 1.29 is 44.1 Å². The molecule has 0 saturated carbocycles. The normalized spacial score (nSPS) is 8.56. The van der Waals surface area contributed by atoms with E-state index in [1.54, 1.807) is 17.1 Å². The van der Waals surface area contributed by atoms with Gasteiger partial charge in [-0.15, -0.1) is 23.1 Å². The van der Waals surface area contributed by atoms with Gasteiger partial charge in [-0.05, 0) is 11.6 Å². The third-order valence-electron chi connectivity index (χ3n) is 0.658. The molecule has 2 nitrogen and oxygen atoms in total. The average molecular weight is 372 g/mol. The van der Waals surface area contributed by atoms with Gasteiger partial charge in [0.15, 0.2) is 0 Å². The number of nitrogens with zero attached hydrogens (tertiary/aromatic N) is 1. The van der Waals surface area contributed by atoms with Crippen molar-refractivity contribution in [1.82, 2.24) is 4.98 Å². The molecular weight excluding hydrogens is 367 g/mol. The fourth-order valence-electron chi connectivity index (χ4n) is 0.351. The summed E-state index contributed by atoms with van der Waals surface area (Å²) in [5.41, 5.74) is 7.01. The molecule has 0 amide bonds. The van der Waals surface area contributed by atoms with Gasteiger partial charge in [0, 0.05) is 48.4 Å². The summed E-state index contributed by atoms with van der Waals surface area (Å²) in [4.78, 5) is 3.88. The van der Waals surface area contributed by atoms with Crippen LogP contribution in [-0.2, 0) is 0 Å². The Morgan fingerprint density at radius 2 is 2.44 bits per heavy atom. The van der Waals surface area contributed by atoms with Crippen molar-refractivity contribution in [3.8, 4) is 0 Å². The molecule has 0 aliphatic rings. The van der Waals surface area contributed by atoms with Gasteiger partial charge in [0.1, 0.15) is 0 Å². The van der Waals surface area contributed by atoms with E-state index in [1.165, 1.54) is 11.3 Å². The Morgan fingerprint density at radius 1 is 1.78 bits per heavy atom. The van der Waals surface area contributed by atoms with Crippen molar-refractivity contribution in [2.75, 3.05) is 6.26 Å². The average Bonchev–Trinajstić information content (AvgIpc) is 2.14. The molecule has 0 aliphatic heterocycles. The summed E-state index contributed by atoms with van der Waals surface area (Å²) in [6.45, 7) is 0. The molecule has 0 bridgehead atoms. The standard InChI is InChI=1S/C4H5N2S2.Ac/c1-7-4-6-3(5)2-8-4;/h2,5H,1H3;/q-1;. The van der Waals surface area contributed by atoms with Crippen molar-refractivity contribution in [3.63, 3.8) is 0 Å². The maximum absolute atomic E-state index is 7.01. The van der Waals surface area contributed by atoms with E-state index in [0.717, 1.165) is 4.34 Å². The van der Waals surface area contributed by atoms with E-state index in [-0.39, 0.29) is 44.1 Å². The Hall–Kier alpha value is 1.22. The van der Waals surface area contributed by atoms with Crippen LogP contribution in [0, 0.1) is 44.1 Å². The topological polar surface area (TPSA) is 36.7 Å². The van der Waals surface area contributed by atoms with Crippen LogP contribution < -0.4 is 0 Å². The molecule has 1 aromatic rings. The van der Waals surface area contributed by atoms with E-state index in [1.807, 2.05) is 6.26 Å². The van der Waals surface area contributed by atoms with Crippen LogP contribution in [0.25, 0.3) is 5.73 Å². The maximum atomic E-state index is 7.01. The molecule has 0 saturated heterocycles. The summed E-state index contributed by atoms with van der Waals surface area (Å²) >= 11 is 3.09. The van der Waals surface area contributed by atoms with Crippen LogP contribution in [-0.4, -0.2) is 11.2 Å². The molecule has 5 heteroatoms. The molecule has 1 rings (SSSR count). The first-order chi connectivity index (χ1) is 3.83. The minimum atomic E-state index is 0. The maximum Gasteiger partial charge on any atom is 0.0470 e. The predicted molar refractivity (Wildman–Crippen MR) is 37.9 cm³/mol. The van der Waals surface area contributed by atoms with Crippen molar-refractivity contribution in [3.05, 3.63) is 11.1 Å². The SMILES string of the molecule is CSc1nc([NH-])cs1.[Ac]. The monoisotopic (exact) mass is 372 g/mol. The third-order valence-corrected chi connectivity index (χ3v) is 2.52. The summed E-state index contributed by atoms with van der Waals surface area (Å²) in [6.07, 6.45) is 1.96. The van der Waals surface area contributed by atoms with Gasteiger partial charge in [-0.2, -0.15) is 0 Å². The van der Waals surface area contributed by atoms with Crippen LogP contribution in [0.4, 0.5) is 5.82 Å². The molecule has 0 atom stereocenters. The van der Waals surface area contributed by atoms with E-state index in [4.69, 9.17) is 5.73 Å². The second-order valence-corrected chi connectivity index (χ2v) is 3.11. The molecule has 0 aliphatic carbocycles. The van der Waals surface area contributed by atoms with Crippen LogP contribution >= 0.6 is 23.1 Å². The van der Waals surface area contributed by atoms with Crippen LogP contribution in [0.5, 0.6) is 0 Å². The third kappa shape index (κ3) is 3.22. The van der Waals surface area contributed by atoms with Gasteiger partial charge in [0.05, 0.1) is 0 Å². The van der Waals surface area contributed by atoms with E-state index in [0.29, 0.717) is 5.82 Å². The Balaban J connectivity index is 0.000000640. The Morgan fingerprint density at radius 3 is 2.67 bits per heavy atom. The molecule has 1 N–H and O–H groups in total. The minimum Gasteiger partial charge on any atom is -0.481 e. The zero-order chi connectivity index (χ0) is 5.98. The van der Waals surface area contributed by atoms with Gasteiger partial charge in [0.25, 0.3) is 0 Å². The van der Waals surface area contributed by atoms with Gasteiger partial charge in [-0.3, -0.25) is 0 Å². The molecule has 0 unspecified atom stereocenters. The first-order valence-electron chi connectivity index (χ1n) is 2.04. The van der Waals surface area contributed by atoms with Crippen LogP contribution in [0.2, 0.25) is 0 Å². The fourth-order valence-corrected chi connectivity index (χ4v) is 1.49. The summed E-state index contributed by atoms with van der Waals surface area (Å²) in [6, 6.07) is 0. The minimum absolute atomic E-state index is 0. The zero-order valence-electron chi connectivity index (χ0n) is 4.92. The number of hydrogen-bond acceptors (Lipinski definition) is 3. The second kappa shape index (κ2) is 4.95. The summed E-state index contributed by atoms with van der Waals surface area (Å²) < 4.78 is 0.968. The number of rotatable bonds is 1. The van der Waals surface area contributed by atoms with E-state index >= 15 is 0 Å². The summed E-state index contributed by atoms with van der Waals surface area (Å²) in [5, 5.41) is 1.73. The summed E-state index contributed by atoms with van der Waals surface area (Å²) in [5.74, 6) is 0.374. The molecule has 0 spiro atoms. The molecule has 1 aromatic heterocycles. The van der Waals surface area contributed by atoms with Gasteiger partial charge in [-0.25, -0.2) is 0 Å². The molecule has 0 fully saturated rings. The Bertz CT molecular complexity index is 177. The largest absolute Gasteiger partial charge is 0.481 e. The van der Waals surface area contributed by atoms with Gasteiger partial charge in [-0.1, -0.05) is 5.82 Å². The second-order valence-electron chi connectivity index (χ2n) is 1.20. The Labute approximate surface area is 98.2 Å². The van der Waals surface area contributed by atoms with Crippen molar-refractivity contribution >= 4 is 28.9 Å². The van der Waals surface area contributed by atoms with Crippen LogP contribution in [0.1, 0.15) is 0 Å². The van der Waals surface area contributed by atoms with E-state index in [9.17, 15) is 0 Å². The van der Waals surface area contributed by atoms with Crippen molar-refractivity contribution in [1.29, 1.82) is 0 Å². The van der Waals surface area contributed by atoms with Crippen LogP contribution in [0.3, 0.4) is 0 Å². The molecule has 0 aromatic carbocycles. The Kier molecular flexibility index (Phi) is 5.62. The van der Waals surface area contributed by atoms with E-state index in [2.05, 4.69) is 4.98 Å². The zero-order valence-corrected chi connectivity index (χ0v) is 11.3. The van der Waals surface area contributed by atoms with Crippen molar-refractivity contribution in [2.24, 2.45) is 0 Å². The smallest absolute Gasteiger partial charge is 0.0470 e. The molecule has 1 radical (unpaired) electrons. The van der Waals surface area contributed by atoms with Gasteiger partial charge in [0.2, 0.25) is 0 Å². The fraction of sp³-hybridized carbons (Fsp3) is 0.250. The molecule has 47 valence electrons. The number of thioether (sulfide) groups is 1. The van der Waals surface area contributed by atoms with Gasteiger partial charge >= 0.3 is 0 Å². The first-order valence-corrected chi connectivity index (χ1v) is 4.14. The van der Waals surface area contributed by atoms with Gasteiger partial charge < -0.3 is 10.7 Å². The van der Waals surface area contributed by atoms with Crippen LogP contribution in [0.15, 0.2) is 9.72 Å². The molecular formula is C4H5AcN2S2-. The quantitative estimate of drug-likeness (QED) is 0.711. The number of aromatic nitrogens is 1. The van der Waals surface area contributed by atoms with Crippen molar-refractivity contribution in [2.45, 2.75) is 4.34 Å². The summed E-state index contributed by atoms with van der Waals surface area (Å²) in [7, 11) is 0. The number of thiazole rings is 1. The first kappa shape index (κ1) is 10.2. The molecule has 9 heavy (non-hydrogen) atoms. The number of nitrogens with one attached hydrogen (secondary N) is 1.